The lowest BCUT2D eigenvalue weighted by molar-refractivity contribution is -0.167. The fourth-order valence-corrected chi connectivity index (χ4v) is 12.3. The molecule has 0 aliphatic rings. The van der Waals surface area contributed by atoms with E-state index in [4.69, 9.17) is 14.2 Å². The number of rotatable bonds is 73. The third kappa shape index (κ3) is 71.1. The maximum Gasteiger partial charge on any atom is 0.306 e. The van der Waals surface area contributed by atoms with Gasteiger partial charge in [0.25, 0.3) is 0 Å². The summed E-state index contributed by atoms with van der Waals surface area (Å²) in [6.45, 7) is 6.76. The molecule has 1 unspecified atom stereocenters. The van der Waals surface area contributed by atoms with Crippen molar-refractivity contribution in [2.45, 2.75) is 463 Å². The zero-order valence-corrected chi connectivity index (χ0v) is 57.0. The van der Waals surface area contributed by atoms with Crippen molar-refractivity contribution < 1.29 is 28.6 Å². The van der Waals surface area contributed by atoms with E-state index in [1.165, 1.54) is 360 Å². The summed E-state index contributed by atoms with van der Waals surface area (Å²) in [7, 11) is 0. The highest BCUT2D eigenvalue weighted by Crippen LogP contribution is 2.20. The van der Waals surface area contributed by atoms with Crippen LogP contribution in [0.2, 0.25) is 0 Å². The Morgan fingerprint density at radius 2 is 0.325 bits per heavy atom. The van der Waals surface area contributed by atoms with E-state index in [0.29, 0.717) is 19.3 Å². The summed E-state index contributed by atoms with van der Waals surface area (Å²) < 4.78 is 17.1. The highest BCUT2D eigenvalue weighted by atomic mass is 16.6. The molecule has 0 fully saturated rings. The van der Waals surface area contributed by atoms with Crippen LogP contribution in [0.5, 0.6) is 0 Å². The average molecular weight is 1170 g/mol. The molecule has 6 nitrogen and oxygen atoms in total. The lowest BCUT2D eigenvalue weighted by Gasteiger charge is -2.18. The third-order valence-electron chi connectivity index (χ3n) is 18.1. The van der Waals surface area contributed by atoms with Crippen LogP contribution in [-0.2, 0) is 28.6 Å². The van der Waals surface area contributed by atoms with Crippen molar-refractivity contribution in [1.82, 2.24) is 0 Å². The summed E-state index contributed by atoms with van der Waals surface area (Å²) in [5, 5.41) is 0. The lowest BCUT2D eigenvalue weighted by Crippen LogP contribution is -2.30. The second-order valence-electron chi connectivity index (χ2n) is 26.6. The van der Waals surface area contributed by atoms with Crippen molar-refractivity contribution in [2.75, 3.05) is 13.2 Å². The smallest absolute Gasteiger partial charge is 0.306 e. The molecule has 0 saturated carbocycles. The molecule has 0 rings (SSSR count). The molecule has 0 saturated heterocycles. The van der Waals surface area contributed by atoms with E-state index in [-0.39, 0.29) is 31.1 Å². The van der Waals surface area contributed by atoms with E-state index in [1.54, 1.807) is 0 Å². The first kappa shape index (κ1) is 81.4. The Kier molecular flexibility index (Phi) is 71.5. The molecule has 0 spiro atoms. The van der Waals surface area contributed by atoms with Crippen LogP contribution in [0.25, 0.3) is 0 Å². The van der Waals surface area contributed by atoms with Gasteiger partial charge in [0.1, 0.15) is 13.2 Å². The van der Waals surface area contributed by atoms with Gasteiger partial charge >= 0.3 is 17.9 Å². The van der Waals surface area contributed by atoms with Crippen LogP contribution >= 0.6 is 0 Å². The predicted octanol–water partition coefficient (Wildman–Crippen LogP) is 26.6. The van der Waals surface area contributed by atoms with Crippen LogP contribution < -0.4 is 0 Å². The third-order valence-corrected chi connectivity index (χ3v) is 18.1. The van der Waals surface area contributed by atoms with Crippen molar-refractivity contribution >= 4 is 17.9 Å². The molecule has 0 bridgehead atoms. The van der Waals surface area contributed by atoms with Crippen molar-refractivity contribution in [3.05, 3.63) is 0 Å². The van der Waals surface area contributed by atoms with Gasteiger partial charge in [0.05, 0.1) is 0 Å². The van der Waals surface area contributed by atoms with E-state index < -0.39 is 6.10 Å². The Bertz CT molecular complexity index is 1250. The molecule has 6 heteroatoms. The van der Waals surface area contributed by atoms with Gasteiger partial charge in [0, 0.05) is 19.3 Å². The van der Waals surface area contributed by atoms with Crippen LogP contribution in [0.15, 0.2) is 0 Å². The minimum atomic E-state index is -0.764. The van der Waals surface area contributed by atoms with Crippen LogP contribution in [0, 0.1) is 0 Å². The van der Waals surface area contributed by atoms with Crippen molar-refractivity contribution in [2.24, 2.45) is 0 Å². The first-order chi connectivity index (χ1) is 41.0. The maximum absolute atomic E-state index is 13.0. The molecule has 0 aliphatic heterocycles. The van der Waals surface area contributed by atoms with Crippen LogP contribution in [0.1, 0.15) is 457 Å². The summed E-state index contributed by atoms with van der Waals surface area (Å²) in [6.07, 6.45) is 87.3. The van der Waals surface area contributed by atoms with Crippen LogP contribution in [0.3, 0.4) is 0 Å². The van der Waals surface area contributed by atoms with Crippen molar-refractivity contribution in [3.63, 3.8) is 0 Å². The van der Waals surface area contributed by atoms with Gasteiger partial charge in [-0.1, -0.05) is 419 Å². The fraction of sp³-hybridized carbons (Fsp3) is 0.961. The average Bonchev–Trinajstić information content (AvgIpc) is 3.49. The van der Waals surface area contributed by atoms with Gasteiger partial charge in [-0.3, -0.25) is 14.4 Å². The Morgan fingerprint density at radius 1 is 0.193 bits per heavy atom. The number of hydrogen-bond acceptors (Lipinski definition) is 6. The van der Waals surface area contributed by atoms with Crippen LogP contribution in [-0.4, -0.2) is 37.2 Å². The van der Waals surface area contributed by atoms with Gasteiger partial charge in [0.15, 0.2) is 6.10 Å². The molecule has 1 atom stereocenters. The molecule has 0 aromatic heterocycles. The molecule has 0 N–H and O–H groups in total. The van der Waals surface area contributed by atoms with Crippen molar-refractivity contribution in [3.8, 4) is 0 Å². The Morgan fingerprint density at radius 3 is 0.482 bits per heavy atom. The number of hydrogen-bond donors (Lipinski definition) is 0. The molecule has 0 aliphatic carbocycles. The zero-order chi connectivity index (χ0) is 59.9. The number of unbranched alkanes of at least 4 members (excludes halogenated alkanes) is 62. The normalized spacial score (nSPS) is 11.9. The maximum atomic E-state index is 13.0. The summed E-state index contributed by atoms with van der Waals surface area (Å²) in [5.74, 6) is -0.814. The highest BCUT2D eigenvalue weighted by Gasteiger charge is 2.20. The van der Waals surface area contributed by atoms with E-state index >= 15 is 0 Å². The quantitative estimate of drug-likeness (QED) is 0.0343. The van der Waals surface area contributed by atoms with Crippen LogP contribution in [0.4, 0.5) is 0 Å². The number of ether oxygens (including phenoxy) is 3. The summed E-state index contributed by atoms with van der Waals surface area (Å²) in [4.78, 5) is 38.5. The molecule has 0 amide bonds. The van der Waals surface area contributed by atoms with E-state index in [0.717, 1.165) is 57.8 Å². The number of esters is 3. The largest absolute Gasteiger partial charge is 0.462 e. The number of carbonyl (C=O) groups is 3. The van der Waals surface area contributed by atoms with Gasteiger partial charge in [-0.05, 0) is 19.3 Å². The minimum absolute atomic E-state index is 0.0598. The summed E-state index contributed by atoms with van der Waals surface area (Å²) in [5.41, 5.74) is 0. The Hall–Kier alpha value is -1.59. The number of carbonyl (C=O) groups excluding carboxylic acids is 3. The second kappa shape index (κ2) is 72.9. The monoisotopic (exact) mass is 1170 g/mol. The van der Waals surface area contributed by atoms with E-state index in [1.807, 2.05) is 0 Å². The molecule has 0 aromatic carbocycles. The lowest BCUT2D eigenvalue weighted by atomic mass is 10.0. The SMILES string of the molecule is CCCCCCCCCCCCCCCCCCCCCCCCCCCCCCCC(=O)OCC(COC(=O)CCCCCCCCCCCCCCCCCCC)OC(=O)CCCCCCCCCCCCCCCCCCCCC. The molecular weight excluding hydrogens is 1020 g/mol. The first-order valence-corrected chi connectivity index (χ1v) is 38.5. The molecule has 83 heavy (non-hydrogen) atoms. The van der Waals surface area contributed by atoms with Gasteiger partial charge < -0.3 is 14.2 Å². The fourth-order valence-electron chi connectivity index (χ4n) is 12.3. The second-order valence-corrected chi connectivity index (χ2v) is 26.6. The van der Waals surface area contributed by atoms with E-state index in [9.17, 15) is 14.4 Å². The van der Waals surface area contributed by atoms with Gasteiger partial charge in [-0.25, -0.2) is 0 Å². The first-order valence-electron chi connectivity index (χ1n) is 38.5. The zero-order valence-electron chi connectivity index (χ0n) is 57.0. The Labute approximate surface area is 520 Å². The molecule has 0 heterocycles. The van der Waals surface area contributed by atoms with Gasteiger partial charge in [-0.15, -0.1) is 0 Å². The molecular formula is C77H150O6. The summed E-state index contributed by atoms with van der Waals surface area (Å²) >= 11 is 0. The Balaban J connectivity index is 4.18. The minimum Gasteiger partial charge on any atom is -0.462 e. The van der Waals surface area contributed by atoms with Gasteiger partial charge in [0.2, 0.25) is 0 Å². The molecule has 494 valence electrons. The topological polar surface area (TPSA) is 78.9 Å². The predicted molar refractivity (Wildman–Crippen MR) is 363 cm³/mol. The highest BCUT2D eigenvalue weighted by molar-refractivity contribution is 5.71. The van der Waals surface area contributed by atoms with Gasteiger partial charge in [-0.2, -0.15) is 0 Å². The van der Waals surface area contributed by atoms with E-state index in [2.05, 4.69) is 20.8 Å². The standard InChI is InChI=1S/C77H150O6/c1-4-7-10-13-16-19-22-25-28-31-33-34-35-36-37-38-39-40-41-42-44-46-49-52-55-58-61-64-67-70-76(79)82-73-74(72-81-75(78)69-66-63-60-57-54-51-48-45-30-27-24-21-18-15-12-9-6-3)83-77(80)71-68-65-62-59-56-53-50-47-43-32-29-26-23-20-17-14-11-8-5-2/h74H,4-73H2,1-3H3. The molecule has 0 radical (unpaired) electrons. The summed E-state index contributed by atoms with van der Waals surface area (Å²) in [6, 6.07) is 0. The van der Waals surface area contributed by atoms with Crippen molar-refractivity contribution in [1.29, 1.82) is 0 Å². The molecule has 0 aromatic rings.